The van der Waals surface area contributed by atoms with Gasteiger partial charge < -0.3 is 15.3 Å². The van der Waals surface area contributed by atoms with Crippen molar-refractivity contribution in [2.75, 3.05) is 26.2 Å². The van der Waals surface area contributed by atoms with E-state index in [-0.39, 0.29) is 18.3 Å². The predicted molar refractivity (Wildman–Crippen MR) is 68.1 cm³/mol. The molecule has 1 saturated heterocycles. The summed E-state index contributed by atoms with van der Waals surface area (Å²) < 4.78 is 0. The smallest absolute Gasteiger partial charge is 0.256 e. The second-order valence-electron chi connectivity index (χ2n) is 3.89. The average Bonchev–Trinajstić information content (AvgIpc) is 2.39. The number of carbonyl (C=O) groups is 1. The molecule has 0 saturated carbocycles. The molecule has 17 heavy (non-hydrogen) atoms. The number of nitrogens with zero attached hydrogens (tertiary/aromatic N) is 1. The van der Waals surface area contributed by atoms with Crippen LogP contribution >= 0.6 is 12.4 Å². The van der Waals surface area contributed by atoms with Crippen LogP contribution in [0, 0.1) is 0 Å². The average molecular weight is 257 g/mol. The Labute approximate surface area is 107 Å². The van der Waals surface area contributed by atoms with Crippen molar-refractivity contribution in [2.45, 2.75) is 6.10 Å². The van der Waals surface area contributed by atoms with Gasteiger partial charge in [0, 0.05) is 26.2 Å². The summed E-state index contributed by atoms with van der Waals surface area (Å²) in [4.78, 5) is 13.6. The Hall–Kier alpha value is -1.10. The van der Waals surface area contributed by atoms with Crippen molar-refractivity contribution in [3.63, 3.8) is 0 Å². The van der Waals surface area contributed by atoms with Crippen LogP contribution in [0.2, 0.25) is 0 Å². The zero-order valence-electron chi connectivity index (χ0n) is 9.50. The fourth-order valence-electron chi connectivity index (χ4n) is 1.84. The van der Waals surface area contributed by atoms with Gasteiger partial charge in [-0.05, 0) is 5.56 Å². The third-order valence-corrected chi connectivity index (χ3v) is 2.78. The fraction of sp³-hybridized carbons (Fsp3) is 0.417. The molecule has 4 nitrogen and oxygen atoms in total. The van der Waals surface area contributed by atoms with Crippen LogP contribution in [0.1, 0.15) is 11.7 Å². The molecule has 0 radical (unpaired) electrons. The molecule has 94 valence electrons. The van der Waals surface area contributed by atoms with Crippen LogP contribution in [0.25, 0.3) is 0 Å². The van der Waals surface area contributed by atoms with Crippen LogP contribution in [-0.4, -0.2) is 42.1 Å². The highest BCUT2D eigenvalue weighted by Gasteiger charge is 2.24. The standard InChI is InChI=1S/C12H16N2O2.ClH/c15-11(10-4-2-1-3-5-10)12(16)14-8-6-13-7-9-14;/h1-5,11,13,15H,6-9H2;1H. The van der Waals surface area contributed by atoms with Gasteiger partial charge in [-0.25, -0.2) is 0 Å². The van der Waals surface area contributed by atoms with Crippen molar-refractivity contribution in [3.05, 3.63) is 35.9 Å². The normalized spacial score (nSPS) is 17.1. The van der Waals surface area contributed by atoms with Crippen LogP contribution in [-0.2, 0) is 4.79 Å². The Morgan fingerprint density at radius 1 is 1.24 bits per heavy atom. The fourth-order valence-corrected chi connectivity index (χ4v) is 1.84. The van der Waals surface area contributed by atoms with E-state index in [9.17, 15) is 9.90 Å². The summed E-state index contributed by atoms with van der Waals surface area (Å²) >= 11 is 0. The van der Waals surface area contributed by atoms with Gasteiger partial charge >= 0.3 is 0 Å². The second kappa shape index (κ2) is 6.59. The molecule has 1 unspecified atom stereocenters. The highest BCUT2D eigenvalue weighted by atomic mass is 35.5. The molecule has 0 aliphatic carbocycles. The summed E-state index contributed by atoms with van der Waals surface area (Å²) in [6, 6.07) is 9.05. The van der Waals surface area contributed by atoms with E-state index in [4.69, 9.17) is 0 Å². The molecule has 1 aromatic rings. The minimum absolute atomic E-state index is 0. The SMILES string of the molecule is Cl.O=C(C(O)c1ccccc1)N1CCNCC1. The largest absolute Gasteiger partial charge is 0.378 e. The van der Waals surface area contributed by atoms with Gasteiger partial charge in [0.2, 0.25) is 0 Å². The first-order chi connectivity index (χ1) is 7.79. The monoisotopic (exact) mass is 256 g/mol. The lowest BCUT2D eigenvalue weighted by Gasteiger charge is -2.29. The van der Waals surface area contributed by atoms with E-state index >= 15 is 0 Å². The molecule has 1 amide bonds. The number of rotatable bonds is 2. The van der Waals surface area contributed by atoms with Gasteiger partial charge in [0.15, 0.2) is 6.10 Å². The lowest BCUT2D eigenvalue weighted by molar-refractivity contribution is -0.141. The third kappa shape index (κ3) is 3.43. The van der Waals surface area contributed by atoms with Crippen molar-refractivity contribution in [1.82, 2.24) is 10.2 Å². The van der Waals surface area contributed by atoms with Crippen LogP contribution in [0.15, 0.2) is 30.3 Å². The van der Waals surface area contributed by atoms with Gasteiger partial charge in [-0.2, -0.15) is 0 Å². The Morgan fingerprint density at radius 3 is 2.41 bits per heavy atom. The maximum atomic E-state index is 11.9. The van der Waals surface area contributed by atoms with Crippen LogP contribution in [0.3, 0.4) is 0 Å². The number of benzene rings is 1. The number of aliphatic hydroxyl groups excluding tert-OH is 1. The number of nitrogens with one attached hydrogen (secondary N) is 1. The summed E-state index contributed by atoms with van der Waals surface area (Å²) in [5.74, 6) is -0.201. The van der Waals surface area contributed by atoms with E-state index < -0.39 is 6.10 Å². The first-order valence-electron chi connectivity index (χ1n) is 5.51. The highest BCUT2D eigenvalue weighted by molar-refractivity contribution is 5.85. The first kappa shape index (κ1) is 14.0. The maximum Gasteiger partial charge on any atom is 0.256 e. The molecule has 0 spiro atoms. The molecule has 0 aromatic heterocycles. The van der Waals surface area contributed by atoms with E-state index in [1.807, 2.05) is 18.2 Å². The summed E-state index contributed by atoms with van der Waals surface area (Å²) in [5, 5.41) is 13.1. The topological polar surface area (TPSA) is 52.6 Å². The molecule has 0 bridgehead atoms. The number of piperazine rings is 1. The zero-order valence-corrected chi connectivity index (χ0v) is 10.3. The summed E-state index contributed by atoms with van der Waals surface area (Å²) in [7, 11) is 0. The molecule has 1 fully saturated rings. The molecule has 1 heterocycles. The maximum absolute atomic E-state index is 11.9. The van der Waals surface area contributed by atoms with E-state index in [0.29, 0.717) is 18.7 Å². The molecule has 1 aliphatic heterocycles. The van der Waals surface area contributed by atoms with E-state index in [1.165, 1.54) is 0 Å². The van der Waals surface area contributed by atoms with Crippen molar-refractivity contribution >= 4 is 18.3 Å². The quantitative estimate of drug-likeness (QED) is 0.814. The van der Waals surface area contributed by atoms with E-state index in [0.717, 1.165) is 13.1 Å². The lowest BCUT2D eigenvalue weighted by atomic mass is 10.1. The summed E-state index contributed by atoms with van der Waals surface area (Å²) in [6.07, 6.45) is -1.03. The summed E-state index contributed by atoms with van der Waals surface area (Å²) in [6.45, 7) is 2.94. The van der Waals surface area contributed by atoms with Crippen molar-refractivity contribution in [3.8, 4) is 0 Å². The van der Waals surface area contributed by atoms with Crippen LogP contribution in [0.4, 0.5) is 0 Å². The minimum Gasteiger partial charge on any atom is -0.378 e. The Kier molecular flexibility index (Phi) is 5.41. The van der Waals surface area contributed by atoms with E-state index in [2.05, 4.69) is 5.32 Å². The van der Waals surface area contributed by atoms with Gasteiger partial charge in [-0.15, -0.1) is 12.4 Å². The van der Waals surface area contributed by atoms with E-state index in [1.54, 1.807) is 17.0 Å². The first-order valence-corrected chi connectivity index (χ1v) is 5.51. The second-order valence-corrected chi connectivity index (χ2v) is 3.89. The number of halogens is 1. The van der Waals surface area contributed by atoms with Gasteiger partial charge in [0.25, 0.3) is 5.91 Å². The van der Waals surface area contributed by atoms with Crippen LogP contribution < -0.4 is 5.32 Å². The van der Waals surface area contributed by atoms with Gasteiger partial charge in [0.1, 0.15) is 0 Å². The third-order valence-electron chi connectivity index (χ3n) is 2.78. The predicted octanol–water partition coefficient (Wildman–Crippen LogP) is 0.574. The van der Waals surface area contributed by atoms with Crippen molar-refractivity contribution in [1.29, 1.82) is 0 Å². The number of aliphatic hydroxyl groups is 1. The molecule has 2 rings (SSSR count). The van der Waals surface area contributed by atoms with Gasteiger partial charge in [-0.3, -0.25) is 4.79 Å². The number of carbonyl (C=O) groups excluding carboxylic acids is 1. The molecule has 2 N–H and O–H groups in total. The van der Waals surface area contributed by atoms with Gasteiger partial charge in [0.05, 0.1) is 0 Å². The highest BCUT2D eigenvalue weighted by Crippen LogP contribution is 2.15. The molecule has 1 atom stereocenters. The summed E-state index contributed by atoms with van der Waals surface area (Å²) in [5.41, 5.74) is 0.658. The zero-order chi connectivity index (χ0) is 11.4. The number of amides is 1. The lowest BCUT2D eigenvalue weighted by Crippen LogP contribution is -2.48. The van der Waals surface area contributed by atoms with Crippen molar-refractivity contribution in [2.24, 2.45) is 0 Å². The van der Waals surface area contributed by atoms with Gasteiger partial charge in [-0.1, -0.05) is 30.3 Å². The minimum atomic E-state index is -1.03. The Morgan fingerprint density at radius 2 is 1.82 bits per heavy atom. The Bertz CT molecular complexity index is 353. The molecular weight excluding hydrogens is 240 g/mol. The molecule has 1 aliphatic rings. The van der Waals surface area contributed by atoms with Crippen molar-refractivity contribution < 1.29 is 9.90 Å². The number of hydrogen-bond acceptors (Lipinski definition) is 3. The Balaban J connectivity index is 0.00000144. The molecule has 5 heteroatoms. The van der Waals surface area contributed by atoms with Crippen LogP contribution in [0.5, 0.6) is 0 Å². The number of hydrogen-bond donors (Lipinski definition) is 2. The molecule has 1 aromatic carbocycles. The molecular formula is C12H17ClN2O2.